The number of aliphatic hydroxyl groups is 1. The van der Waals surface area contributed by atoms with Crippen LogP contribution >= 0.6 is 11.6 Å². The van der Waals surface area contributed by atoms with Gasteiger partial charge in [0, 0.05) is 30.2 Å². The van der Waals surface area contributed by atoms with Crippen LogP contribution in [0.5, 0.6) is 0 Å². The Balaban J connectivity index is 2.26. The van der Waals surface area contributed by atoms with Gasteiger partial charge in [0.1, 0.15) is 5.69 Å². The number of halogens is 1. The largest absolute Gasteiger partial charge is 0.395 e. The molecule has 1 saturated heterocycles. The van der Waals surface area contributed by atoms with Crippen LogP contribution < -0.4 is 10.2 Å². The summed E-state index contributed by atoms with van der Waals surface area (Å²) >= 11 is 5.95. The summed E-state index contributed by atoms with van der Waals surface area (Å²) in [6, 6.07) is 4.79. The maximum atomic E-state index is 11.1. The summed E-state index contributed by atoms with van der Waals surface area (Å²) in [5.74, 6) is 0. The lowest BCUT2D eigenvalue weighted by molar-refractivity contribution is -0.384. The van der Waals surface area contributed by atoms with Crippen LogP contribution in [0.25, 0.3) is 0 Å². The molecule has 0 saturated carbocycles. The van der Waals surface area contributed by atoms with Crippen molar-refractivity contribution in [2.75, 3.05) is 31.1 Å². The molecule has 0 aromatic heterocycles. The lowest BCUT2D eigenvalue weighted by Gasteiger charge is -2.27. The first-order chi connectivity index (χ1) is 9.61. The van der Waals surface area contributed by atoms with Gasteiger partial charge in [-0.2, -0.15) is 0 Å². The van der Waals surface area contributed by atoms with Gasteiger partial charge in [-0.1, -0.05) is 11.6 Å². The molecular formula is C13H18ClN3O3. The fourth-order valence-corrected chi connectivity index (χ4v) is 2.68. The maximum absolute atomic E-state index is 11.1. The highest BCUT2D eigenvalue weighted by molar-refractivity contribution is 6.31. The summed E-state index contributed by atoms with van der Waals surface area (Å²) in [5, 5.41) is 24.1. The van der Waals surface area contributed by atoms with Gasteiger partial charge < -0.3 is 15.3 Å². The summed E-state index contributed by atoms with van der Waals surface area (Å²) in [4.78, 5) is 12.5. The number of hydrogen-bond acceptors (Lipinski definition) is 5. The summed E-state index contributed by atoms with van der Waals surface area (Å²) in [7, 11) is 0. The molecule has 0 spiro atoms. The fourth-order valence-electron chi connectivity index (χ4n) is 2.51. The van der Waals surface area contributed by atoms with Crippen molar-refractivity contribution in [2.24, 2.45) is 0 Å². The van der Waals surface area contributed by atoms with Crippen LogP contribution in [0.3, 0.4) is 0 Å². The van der Waals surface area contributed by atoms with Crippen LogP contribution in [0.4, 0.5) is 11.4 Å². The Morgan fingerprint density at radius 2 is 2.35 bits per heavy atom. The molecule has 1 aliphatic heterocycles. The smallest absolute Gasteiger partial charge is 0.292 e. The molecule has 1 aliphatic rings. The zero-order valence-corrected chi connectivity index (χ0v) is 11.8. The van der Waals surface area contributed by atoms with E-state index < -0.39 is 4.92 Å². The lowest BCUT2D eigenvalue weighted by Crippen LogP contribution is -2.39. The highest BCUT2D eigenvalue weighted by Crippen LogP contribution is 2.31. The van der Waals surface area contributed by atoms with E-state index in [9.17, 15) is 15.2 Å². The molecule has 2 rings (SSSR count). The lowest BCUT2D eigenvalue weighted by atomic mass is 10.2. The molecular weight excluding hydrogens is 282 g/mol. The van der Waals surface area contributed by atoms with Crippen molar-refractivity contribution in [3.05, 3.63) is 33.3 Å². The Morgan fingerprint density at radius 3 is 2.95 bits per heavy atom. The van der Waals surface area contributed by atoms with Crippen LogP contribution in [0.1, 0.15) is 12.8 Å². The van der Waals surface area contributed by atoms with Crippen LogP contribution in [0, 0.1) is 10.1 Å². The summed E-state index contributed by atoms with van der Waals surface area (Å²) in [5.41, 5.74) is 0.478. The van der Waals surface area contributed by atoms with Crippen molar-refractivity contribution in [2.45, 2.75) is 18.9 Å². The first-order valence-electron chi connectivity index (χ1n) is 6.65. The number of benzene rings is 1. The van der Waals surface area contributed by atoms with E-state index in [4.69, 9.17) is 11.6 Å². The van der Waals surface area contributed by atoms with Gasteiger partial charge in [-0.3, -0.25) is 10.1 Å². The summed E-state index contributed by atoms with van der Waals surface area (Å²) in [6.45, 7) is 1.88. The van der Waals surface area contributed by atoms with E-state index in [1.54, 1.807) is 6.07 Å². The van der Waals surface area contributed by atoms with E-state index >= 15 is 0 Å². The normalized spacial score (nSPS) is 18.2. The number of rotatable bonds is 6. The van der Waals surface area contributed by atoms with Gasteiger partial charge in [-0.05, 0) is 31.5 Å². The molecule has 20 heavy (non-hydrogen) atoms. The van der Waals surface area contributed by atoms with Crippen LogP contribution in [0.2, 0.25) is 5.02 Å². The van der Waals surface area contributed by atoms with Crippen molar-refractivity contribution in [1.82, 2.24) is 5.32 Å². The topological polar surface area (TPSA) is 78.6 Å². The van der Waals surface area contributed by atoms with Gasteiger partial charge in [-0.15, -0.1) is 0 Å². The van der Waals surface area contributed by atoms with Crippen LogP contribution in [-0.2, 0) is 0 Å². The number of nitrogens with zero attached hydrogens (tertiary/aromatic N) is 2. The van der Waals surface area contributed by atoms with E-state index in [1.807, 2.05) is 4.90 Å². The molecule has 1 aromatic rings. The van der Waals surface area contributed by atoms with Crippen molar-refractivity contribution in [3.63, 3.8) is 0 Å². The quantitative estimate of drug-likeness (QED) is 0.618. The molecule has 7 heteroatoms. The zero-order chi connectivity index (χ0) is 14.5. The third-order valence-corrected chi connectivity index (χ3v) is 3.68. The number of nitro groups is 1. The molecule has 0 amide bonds. The first kappa shape index (κ1) is 15.0. The fraction of sp³-hybridized carbons (Fsp3) is 0.538. The predicted octanol–water partition coefficient (Wildman–Crippen LogP) is 1.80. The molecule has 1 heterocycles. The third kappa shape index (κ3) is 3.59. The number of nitrogens with one attached hydrogen (secondary N) is 1. The summed E-state index contributed by atoms with van der Waals surface area (Å²) < 4.78 is 0. The van der Waals surface area contributed by atoms with Crippen LogP contribution in [0.15, 0.2) is 18.2 Å². The average molecular weight is 300 g/mol. The molecule has 0 aliphatic carbocycles. The van der Waals surface area contributed by atoms with E-state index in [2.05, 4.69) is 5.32 Å². The number of nitro benzene ring substituents is 1. The second-order valence-electron chi connectivity index (χ2n) is 4.85. The van der Waals surface area contributed by atoms with Crippen molar-refractivity contribution < 1.29 is 10.0 Å². The molecule has 2 N–H and O–H groups in total. The van der Waals surface area contributed by atoms with E-state index in [1.165, 1.54) is 12.1 Å². The number of aliphatic hydroxyl groups excluding tert-OH is 1. The minimum atomic E-state index is -0.419. The van der Waals surface area contributed by atoms with E-state index in [-0.39, 0.29) is 12.3 Å². The van der Waals surface area contributed by atoms with Gasteiger partial charge in [0.05, 0.1) is 11.5 Å². The zero-order valence-electron chi connectivity index (χ0n) is 11.1. The van der Waals surface area contributed by atoms with Gasteiger partial charge >= 0.3 is 0 Å². The minimum Gasteiger partial charge on any atom is -0.395 e. The molecule has 6 nitrogen and oxygen atoms in total. The van der Waals surface area contributed by atoms with Gasteiger partial charge in [-0.25, -0.2) is 0 Å². The maximum Gasteiger partial charge on any atom is 0.292 e. The SMILES string of the molecule is O=[N+]([O-])c1ccc(Cl)cc1N(CCO)CC1CCCN1. The first-order valence-corrected chi connectivity index (χ1v) is 7.02. The predicted molar refractivity (Wildman–Crippen MR) is 78.4 cm³/mol. The molecule has 0 radical (unpaired) electrons. The minimum absolute atomic E-state index is 0.0147. The van der Waals surface area contributed by atoms with Gasteiger partial charge in [0.15, 0.2) is 0 Å². The van der Waals surface area contributed by atoms with Crippen molar-refractivity contribution in [1.29, 1.82) is 0 Å². The molecule has 110 valence electrons. The second-order valence-corrected chi connectivity index (χ2v) is 5.29. The Morgan fingerprint density at radius 1 is 1.55 bits per heavy atom. The molecule has 1 fully saturated rings. The number of hydrogen-bond donors (Lipinski definition) is 2. The Kier molecular flexibility index (Phi) is 5.17. The standard InChI is InChI=1S/C13H18ClN3O3/c14-10-3-4-12(17(19)20)13(8-10)16(6-7-18)9-11-2-1-5-15-11/h3-4,8,11,15,18H,1-2,5-7,9H2. The number of anilines is 1. The Labute approximate surface area is 122 Å². The molecule has 0 bridgehead atoms. The van der Waals surface area contributed by atoms with Crippen LogP contribution in [-0.4, -0.2) is 42.3 Å². The van der Waals surface area contributed by atoms with Crippen molar-refractivity contribution >= 4 is 23.0 Å². The molecule has 1 aromatic carbocycles. The monoisotopic (exact) mass is 299 g/mol. The Bertz CT molecular complexity index is 478. The van der Waals surface area contributed by atoms with E-state index in [0.29, 0.717) is 29.8 Å². The molecule has 1 unspecified atom stereocenters. The highest BCUT2D eigenvalue weighted by Gasteiger charge is 2.23. The van der Waals surface area contributed by atoms with Crippen molar-refractivity contribution in [3.8, 4) is 0 Å². The Hall–Kier alpha value is -1.37. The molecule has 1 atom stereocenters. The van der Waals surface area contributed by atoms with Gasteiger partial charge in [0.2, 0.25) is 0 Å². The highest BCUT2D eigenvalue weighted by atomic mass is 35.5. The summed E-state index contributed by atoms with van der Waals surface area (Å²) in [6.07, 6.45) is 2.14. The second kappa shape index (κ2) is 6.88. The third-order valence-electron chi connectivity index (χ3n) is 3.45. The van der Waals surface area contributed by atoms with E-state index in [0.717, 1.165) is 19.4 Å². The van der Waals surface area contributed by atoms with Gasteiger partial charge in [0.25, 0.3) is 5.69 Å². The average Bonchev–Trinajstić information content (AvgIpc) is 2.90.